The first-order valence-corrected chi connectivity index (χ1v) is 8.51. The van der Waals surface area contributed by atoms with Crippen molar-refractivity contribution in [3.8, 4) is 22.9 Å². The molecule has 0 amide bonds. The smallest absolute Gasteiger partial charge is 0.142 e. The third kappa shape index (κ3) is 2.49. The Hall–Kier alpha value is -1.58. The molecule has 6 heteroatoms. The SMILES string of the molecule is N#Cc1c(N)nc2c(c1-c1cc(Br)cc(Br)c1O)CCCC2. The lowest BCUT2D eigenvalue weighted by Crippen LogP contribution is -2.12. The number of halogens is 2. The molecule has 0 saturated heterocycles. The largest absolute Gasteiger partial charge is 0.506 e. The van der Waals surface area contributed by atoms with Crippen LogP contribution < -0.4 is 5.73 Å². The summed E-state index contributed by atoms with van der Waals surface area (Å²) >= 11 is 6.78. The van der Waals surface area contributed by atoms with E-state index >= 15 is 0 Å². The summed E-state index contributed by atoms with van der Waals surface area (Å²) in [6, 6.07) is 5.73. The molecule has 1 heterocycles. The molecule has 3 N–H and O–H groups in total. The molecule has 0 radical (unpaired) electrons. The Bertz CT molecular complexity index is 812. The maximum atomic E-state index is 10.4. The van der Waals surface area contributed by atoms with Gasteiger partial charge < -0.3 is 10.8 Å². The van der Waals surface area contributed by atoms with Gasteiger partial charge >= 0.3 is 0 Å². The van der Waals surface area contributed by atoms with E-state index in [2.05, 4.69) is 42.9 Å². The lowest BCUT2D eigenvalue weighted by Gasteiger charge is -2.21. The molecule has 0 unspecified atom stereocenters. The zero-order chi connectivity index (χ0) is 15.9. The predicted molar refractivity (Wildman–Crippen MR) is 92.5 cm³/mol. The number of nitrogen functional groups attached to an aromatic ring is 1. The number of phenolic OH excluding ortho intramolecular Hbond substituents is 1. The van der Waals surface area contributed by atoms with E-state index in [1.807, 2.05) is 6.07 Å². The zero-order valence-electron chi connectivity index (χ0n) is 11.7. The highest BCUT2D eigenvalue weighted by Gasteiger charge is 2.24. The van der Waals surface area contributed by atoms with E-state index in [-0.39, 0.29) is 11.6 Å². The van der Waals surface area contributed by atoms with Gasteiger partial charge in [0.25, 0.3) is 0 Å². The third-order valence-electron chi connectivity index (χ3n) is 3.91. The number of hydrogen-bond donors (Lipinski definition) is 2. The molecule has 0 aliphatic heterocycles. The second kappa shape index (κ2) is 5.90. The maximum absolute atomic E-state index is 10.4. The number of rotatable bonds is 1. The molecule has 1 aliphatic rings. The number of benzene rings is 1. The maximum Gasteiger partial charge on any atom is 0.142 e. The number of phenols is 1. The van der Waals surface area contributed by atoms with Crippen LogP contribution in [0.2, 0.25) is 0 Å². The van der Waals surface area contributed by atoms with Gasteiger partial charge in [0, 0.05) is 21.3 Å². The van der Waals surface area contributed by atoms with Gasteiger partial charge in [0.1, 0.15) is 23.2 Å². The van der Waals surface area contributed by atoms with Crippen molar-refractivity contribution in [2.45, 2.75) is 25.7 Å². The van der Waals surface area contributed by atoms with Crippen LogP contribution in [0.5, 0.6) is 5.75 Å². The lowest BCUT2D eigenvalue weighted by molar-refractivity contribution is 0.473. The second-order valence-corrected chi connectivity index (χ2v) is 7.04. The fraction of sp³-hybridized carbons (Fsp3) is 0.250. The van der Waals surface area contributed by atoms with Crippen molar-refractivity contribution in [2.24, 2.45) is 0 Å². The van der Waals surface area contributed by atoms with Crippen molar-refractivity contribution in [3.63, 3.8) is 0 Å². The monoisotopic (exact) mass is 421 g/mol. The van der Waals surface area contributed by atoms with E-state index in [0.29, 0.717) is 21.2 Å². The van der Waals surface area contributed by atoms with E-state index in [1.165, 1.54) is 0 Å². The molecular formula is C16H13Br2N3O. The van der Waals surface area contributed by atoms with Crippen LogP contribution >= 0.6 is 31.9 Å². The molecule has 22 heavy (non-hydrogen) atoms. The van der Waals surface area contributed by atoms with Crippen LogP contribution in [0.25, 0.3) is 11.1 Å². The molecule has 0 bridgehead atoms. The number of nitrogens with zero attached hydrogens (tertiary/aromatic N) is 2. The minimum Gasteiger partial charge on any atom is -0.506 e. The fourth-order valence-corrected chi connectivity index (χ4v) is 4.15. The number of nitrogens with two attached hydrogens (primary N) is 1. The summed E-state index contributed by atoms with van der Waals surface area (Å²) in [5, 5.41) is 20.0. The van der Waals surface area contributed by atoms with Crippen LogP contribution in [0.3, 0.4) is 0 Å². The first-order valence-electron chi connectivity index (χ1n) is 6.92. The molecule has 1 aromatic heterocycles. The van der Waals surface area contributed by atoms with Gasteiger partial charge in [0.2, 0.25) is 0 Å². The molecule has 2 aromatic rings. The van der Waals surface area contributed by atoms with E-state index < -0.39 is 0 Å². The number of aryl methyl sites for hydroxylation is 1. The van der Waals surface area contributed by atoms with E-state index in [0.717, 1.165) is 41.4 Å². The summed E-state index contributed by atoms with van der Waals surface area (Å²) in [4.78, 5) is 4.40. The fourth-order valence-electron chi connectivity index (χ4n) is 2.93. The van der Waals surface area contributed by atoms with Crippen molar-refractivity contribution >= 4 is 37.7 Å². The van der Waals surface area contributed by atoms with Crippen LogP contribution in [-0.4, -0.2) is 10.1 Å². The Labute approximate surface area is 145 Å². The Morgan fingerprint density at radius 3 is 2.68 bits per heavy atom. The van der Waals surface area contributed by atoms with Gasteiger partial charge in [-0.3, -0.25) is 0 Å². The average molecular weight is 423 g/mol. The highest BCUT2D eigenvalue weighted by molar-refractivity contribution is 9.11. The lowest BCUT2D eigenvalue weighted by atomic mass is 9.86. The Kier molecular flexibility index (Phi) is 4.11. The van der Waals surface area contributed by atoms with E-state index in [1.54, 1.807) is 6.07 Å². The molecule has 1 aromatic carbocycles. The van der Waals surface area contributed by atoms with Crippen LogP contribution in [0.4, 0.5) is 5.82 Å². The molecule has 4 nitrogen and oxygen atoms in total. The standard InChI is InChI=1S/C16H13Br2N3O/c17-8-5-10(15(22)12(18)6-8)14-9-3-1-2-4-13(9)21-16(20)11(14)7-19/h5-6,22H,1-4H2,(H2,20,21). The summed E-state index contributed by atoms with van der Waals surface area (Å²) in [7, 11) is 0. The summed E-state index contributed by atoms with van der Waals surface area (Å²) in [6.07, 6.45) is 3.82. The molecular weight excluding hydrogens is 410 g/mol. The average Bonchev–Trinajstić information content (AvgIpc) is 2.49. The highest BCUT2D eigenvalue weighted by Crippen LogP contribution is 2.43. The van der Waals surface area contributed by atoms with Crippen LogP contribution in [-0.2, 0) is 12.8 Å². The van der Waals surface area contributed by atoms with Gasteiger partial charge in [-0.1, -0.05) is 15.9 Å². The van der Waals surface area contributed by atoms with Gasteiger partial charge in [-0.15, -0.1) is 0 Å². The molecule has 1 aliphatic carbocycles. The topological polar surface area (TPSA) is 82.9 Å². The number of aromatic hydroxyl groups is 1. The Morgan fingerprint density at radius 1 is 1.23 bits per heavy atom. The first kappa shape index (κ1) is 15.3. The molecule has 0 atom stereocenters. The molecule has 0 fully saturated rings. The first-order chi connectivity index (χ1) is 10.5. The number of hydrogen-bond acceptors (Lipinski definition) is 4. The van der Waals surface area contributed by atoms with Crippen LogP contribution in [0, 0.1) is 11.3 Å². The summed E-state index contributed by atoms with van der Waals surface area (Å²) in [5.41, 5.74) is 9.59. The predicted octanol–water partition coefficient (Wildman–Crippen LogP) is 4.31. The van der Waals surface area contributed by atoms with Gasteiger partial charge in [0.15, 0.2) is 0 Å². The summed E-state index contributed by atoms with van der Waals surface area (Å²) in [6.45, 7) is 0. The number of pyridine rings is 1. The Morgan fingerprint density at radius 2 is 1.95 bits per heavy atom. The van der Waals surface area contributed by atoms with E-state index in [4.69, 9.17) is 5.73 Å². The number of nitriles is 1. The minimum atomic E-state index is 0.109. The van der Waals surface area contributed by atoms with Gasteiger partial charge in [-0.05, 0) is 59.3 Å². The second-order valence-electron chi connectivity index (χ2n) is 5.27. The molecule has 112 valence electrons. The number of fused-ring (bicyclic) bond motifs is 1. The highest BCUT2D eigenvalue weighted by atomic mass is 79.9. The normalized spacial score (nSPS) is 13.5. The number of aromatic nitrogens is 1. The van der Waals surface area contributed by atoms with Gasteiger partial charge in [-0.25, -0.2) is 4.98 Å². The Balaban J connectivity index is 2.40. The van der Waals surface area contributed by atoms with Crippen molar-refractivity contribution in [1.82, 2.24) is 4.98 Å². The summed E-state index contributed by atoms with van der Waals surface area (Å²) < 4.78 is 1.39. The van der Waals surface area contributed by atoms with Gasteiger partial charge in [-0.2, -0.15) is 5.26 Å². The minimum absolute atomic E-state index is 0.109. The summed E-state index contributed by atoms with van der Waals surface area (Å²) in [5.74, 6) is 0.340. The molecule has 0 spiro atoms. The zero-order valence-corrected chi connectivity index (χ0v) is 14.8. The van der Waals surface area contributed by atoms with Crippen molar-refractivity contribution in [2.75, 3.05) is 5.73 Å². The van der Waals surface area contributed by atoms with E-state index in [9.17, 15) is 10.4 Å². The van der Waals surface area contributed by atoms with Gasteiger partial charge in [0.05, 0.1) is 4.47 Å². The van der Waals surface area contributed by atoms with Crippen molar-refractivity contribution in [3.05, 3.63) is 37.9 Å². The van der Waals surface area contributed by atoms with Crippen molar-refractivity contribution in [1.29, 1.82) is 5.26 Å². The van der Waals surface area contributed by atoms with Crippen molar-refractivity contribution < 1.29 is 5.11 Å². The van der Waals surface area contributed by atoms with Crippen LogP contribution in [0.15, 0.2) is 21.1 Å². The molecule has 0 saturated carbocycles. The quantitative estimate of drug-likeness (QED) is 0.717. The van der Waals surface area contributed by atoms with Crippen LogP contribution in [0.1, 0.15) is 29.7 Å². The third-order valence-corrected chi connectivity index (χ3v) is 4.97. The number of anilines is 1. The molecule has 3 rings (SSSR count).